The van der Waals surface area contributed by atoms with Crippen molar-refractivity contribution < 1.29 is 9.53 Å². The van der Waals surface area contributed by atoms with E-state index < -0.39 is 11.7 Å². The van der Waals surface area contributed by atoms with E-state index in [0.29, 0.717) is 5.03 Å². The van der Waals surface area contributed by atoms with E-state index in [-0.39, 0.29) is 0 Å². The lowest BCUT2D eigenvalue weighted by Gasteiger charge is -2.19. The molecule has 0 rings (SSSR count). The molecule has 0 aliphatic rings. The molecule has 0 radical (unpaired) electrons. The molecule has 0 saturated carbocycles. The fraction of sp³-hybridized carbons (Fsp3) is 0.625. The Hall–Kier alpha value is -0.640. The number of carbonyl (C=O) groups is 1. The highest BCUT2D eigenvalue weighted by molar-refractivity contribution is 8.02. The van der Waals surface area contributed by atoms with E-state index in [1.54, 1.807) is 0 Å². The monoisotopic (exact) mass is 189 g/mol. The number of nitrogens with one attached hydrogen (secondary N) is 1. The van der Waals surface area contributed by atoms with Crippen LogP contribution in [-0.4, -0.2) is 18.0 Å². The molecule has 0 aliphatic carbocycles. The Morgan fingerprint density at radius 2 is 2.00 bits per heavy atom. The summed E-state index contributed by atoms with van der Waals surface area (Å²) in [4.78, 5) is 11.0. The van der Waals surface area contributed by atoms with Gasteiger partial charge in [0.1, 0.15) is 5.60 Å². The third-order valence-electron chi connectivity index (χ3n) is 0.887. The van der Waals surface area contributed by atoms with Crippen LogP contribution >= 0.6 is 11.8 Å². The van der Waals surface area contributed by atoms with Crippen molar-refractivity contribution in [3.8, 4) is 0 Å². The molecule has 0 spiro atoms. The highest BCUT2D eigenvalue weighted by Gasteiger charge is 2.15. The summed E-state index contributed by atoms with van der Waals surface area (Å²) >= 11 is 1.37. The molecule has 1 amide bonds. The first-order chi connectivity index (χ1) is 5.35. The van der Waals surface area contributed by atoms with Gasteiger partial charge in [-0.15, -0.1) is 11.8 Å². The summed E-state index contributed by atoms with van der Waals surface area (Å²) in [6, 6.07) is 0. The van der Waals surface area contributed by atoms with Crippen LogP contribution < -0.4 is 5.32 Å². The van der Waals surface area contributed by atoms with Crippen LogP contribution in [0, 0.1) is 0 Å². The Kier molecular flexibility index (Phi) is 4.17. The van der Waals surface area contributed by atoms with E-state index >= 15 is 0 Å². The second-order valence-corrected chi connectivity index (χ2v) is 4.16. The van der Waals surface area contributed by atoms with Crippen molar-refractivity contribution in [2.45, 2.75) is 26.4 Å². The van der Waals surface area contributed by atoms with E-state index in [1.807, 2.05) is 27.0 Å². The standard InChI is InChI=1S/C8H15NO2S/c1-6(12-5)9-7(10)11-8(2,3)4/h1H2,2-5H3,(H,9,10). The fourth-order valence-electron chi connectivity index (χ4n) is 0.468. The van der Waals surface area contributed by atoms with E-state index in [2.05, 4.69) is 11.9 Å². The largest absolute Gasteiger partial charge is 0.444 e. The van der Waals surface area contributed by atoms with Crippen molar-refractivity contribution in [3.63, 3.8) is 0 Å². The molecule has 0 fully saturated rings. The van der Waals surface area contributed by atoms with Gasteiger partial charge in [-0.2, -0.15) is 0 Å². The van der Waals surface area contributed by atoms with Crippen molar-refractivity contribution in [1.29, 1.82) is 0 Å². The van der Waals surface area contributed by atoms with Crippen molar-refractivity contribution in [2.75, 3.05) is 6.26 Å². The quantitative estimate of drug-likeness (QED) is 0.724. The molecule has 0 saturated heterocycles. The average molecular weight is 189 g/mol. The van der Waals surface area contributed by atoms with Crippen molar-refractivity contribution in [2.24, 2.45) is 0 Å². The van der Waals surface area contributed by atoms with Gasteiger partial charge < -0.3 is 4.74 Å². The lowest BCUT2D eigenvalue weighted by molar-refractivity contribution is 0.0551. The SMILES string of the molecule is C=C(NC(=O)OC(C)(C)C)SC. The van der Waals surface area contributed by atoms with Crippen LogP contribution in [0.2, 0.25) is 0 Å². The Labute approximate surface area is 77.6 Å². The molecule has 0 atom stereocenters. The van der Waals surface area contributed by atoms with Crippen LogP contribution in [0.25, 0.3) is 0 Å². The molecule has 0 aromatic carbocycles. The number of amides is 1. The number of rotatable bonds is 2. The minimum absolute atomic E-state index is 0.456. The first-order valence-corrected chi connectivity index (χ1v) is 4.80. The van der Waals surface area contributed by atoms with Gasteiger partial charge in [0, 0.05) is 0 Å². The highest BCUT2D eigenvalue weighted by atomic mass is 32.2. The summed E-state index contributed by atoms with van der Waals surface area (Å²) in [5.74, 6) is 0. The summed E-state index contributed by atoms with van der Waals surface area (Å²) in [6.07, 6.45) is 1.38. The van der Waals surface area contributed by atoms with Gasteiger partial charge in [0.15, 0.2) is 0 Å². The van der Waals surface area contributed by atoms with Crippen LogP contribution in [-0.2, 0) is 4.74 Å². The van der Waals surface area contributed by atoms with E-state index in [0.717, 1.165) is 0 Å². The van der Waals surface area contributed by atoms with Gasteiger partial charge in [-0.3, -0.25) is 5.32 Å². The molecule has 0 bridgehead atoms. The molecule has 1 N–H and O–H groups in total. The molecule has 4 heteroatoms. The third-order valence-corrected chi connectivity index (χ3v) is 1.48. The van der Waals surface area contributed by atoms with Gasteiger partial charge in [0.25, 0.3) is 0 Å². The summed E-state index contributed by atoms with van der Waals surface area (Å²) < 4.78 is 4.99. The number of ether oxygens (including phenoxy) is 1. The predicted octanol–water partition coefficient (Wildman–Crippen LogP) is 2.35. The predicted molar refractivity (Wildman–Crippen MR) is 52.0 cm³/mol. The van der Waals surface area contributed by atoms with Crippen LogP contribution in [0.15, 0.2) is 11.6 Å². The maximum atomic E-state index is 11.0. The molecule has 0 aliphatic heterocycles. The number of thioether (sulfide) groups is 1. The number of hydrogen-bond donors (Lipinski definition) is 1. The summed E-state index contributed by atoms with van der Waals surface area (Å²) in [6.45, 7) is 9.04. The Morgan fingerprint density at radius 3 is 2.33 bits per heavy atom. The normalized spacial score (nSPS) is 10.7. The summed E-state index contributed by atoms with van der Waals surface area (Å²) in [5.41, 5.74) is -0.456. The maximum absolute atomic E-state index is 11.0. The van der Waals surface area contributed by atoms with Crippen LogP contribution in [0.4, 0.5) is 4.79 Å². The summed E-state index contributed by atoms with van der Waals surface area (Å²) in [5, 5.41) is 3.08. The Balaban J connectivity index is 3.83. The molecule has 0 aromatic rings. The van der Waals surface area contributed by atoms with Gasteiger partial charge in [0.2, 0.25) is 0 Å². The van der Waals surface area contributed by atoms with Crippen LogP contribution in [0.5, 0.6) is 0 Å². The molecule has 70 valence electrons. The van der Waals surface area contributed by atoms with Crippen molar-refractivity contribution in [3.05, 3.63) is 11.6 Å². The average Bonchev–Trinajstić information content (AvgIpc) is 1.82. The third kappa shape index (κ3) is 6.09. The van der Waals surface area contributed by atoms with Crippen molar-refractivity contribution >= 4 is 17.9 Å². The van der Waals surface area contributed by atoms with Crippen LogP contribution in [0.1, 0.15) is 20.8 Å². The van der Waals surface area contributed by atoms with Crippen molar-refractivity contribution in [1.82, 2.24) is 5.32 Å². The molecule has 3 nitrogen and oxygen atoms in total. The lowest BCUT2D eigenvalue weighted by atomic mass is 10.2. The fourth-order valence-corrected chi connectivity index (χ4v) is 0.654. The molecule has 0 aromatic heterocycles. The highest BCUT2D eigenvalue weighted by Crippen LogP contribution is 2.09. The first kappa shape index (κ1) is 11.4. The van der Waals surface area contributed by atoms with E-state index in [4.69, 9.17) is 4.74 Å². The van der Waals surface area contributed by atoms with Crippen LogP contribution in [0.3, 0.4) is 0 Å². The number of alkyl carbamates (subject to hydrolysis) is 1. The Bertz CT molecular complexity index is 184. The number of carbonyl (C=O) groups excluding carboxylic acids is 1. The second-order valence-electron chi connectivity index (χ2n) is 3.25. The molecule has 12 heavy (non-hydrogen) atoms. The van der Waals surface area contributed by atoms with Gasteiger partial charge in [-0.25, -0.2) is 4.79 Å². The zero-order chi connectivity index (χ0) is 9.78. The zero-order valence-corrected chi connectivity index (χ0v) is 8.75. The molecule has 0 heterocycles. The van der Waals surface area contributed by atoms with Gasteiger partial charge in [0.05, 0.1) is 5.03 Å². The zero-order valence-electron chi connectivity index (χ0n) is 7.93. The smallest absolute Gasteiger partial charge is 0.412 e. The summed E-state index contributed by atoms with van der Waals surface area (Å²) in [7, 11) is 0. The molecular weight excluding hydrogens is 174 g/mol. The lowest BCUT2D eigenvalue weighted by Crippen LogP contribution is -2.31. The van der Waals surface area contributed by atoms with E-state index in [9.17, 15) is 4.79 Å². The Morgan fingerprint density at radius 1 is 1.50 bits per heavy atom. The molecular formula is C8H15NO2S. The topological polar surface area (TPSA) is 38.3 Å². The minimum atomic E-state index is -0.457. The van der Waals surface area contributed by atoms with Gasteiger partial charge >= 0.3 is 6.09 Å². The minimum Gasteiger partial charge on any atom is -0.444 e. The second kappa shape index (κ2) is 4.40. The molecule has 0 unspecified atom stereocenters. The van der Waals surface area contributed by atoms with E-state index in [1.165, 1.54) is 11.8 Å². The first-order valence-electron chi connectivity index (χ1n) is 3.58. The van der Waals surface area contributed by atoms with Gasteiger partial charge in [-0.05, 0) is 27.0 Å². The number of hydrogen-bond acceptors (Lipinski definition) is 3. The van der Waals surface area contributed by atoms with Gasteiger partial charge in [-0.1, -0.05) is 6.58 Å². The maximum Gasteiger partial charge on any atom is 0.412 e.